The number of ether oxygens (including phenoxy) is 1. The number of rotatable bonds is 9. The normalized spacial score (nSPS) is 18.9. The summed E-state index contributed by atoms with van der Waals surface area (Å²) in [7, 11) is 0. The summed E-state index contributed by atoms with van der Waals surface area (Å²) in [5.41, 5.74) is 4.69. The van der Waals surface area contributed by atoms with Crippen molar-refractivity contribution in [2.45, 2.75) is 50.2 Å². The van der Waals surface area contributed by atoms with Crippen LogP contribution in [0, 0.1) is 0 Å². The lowest BCUT2D eigenvalue weighted by Crippen LogP contribution is -2.40. The van der Waals surface area contributed by atoms with E-state index in [-0.39, 0.29) is 37.8 Å². The lowest BCUT2D eigenvalue weighted by molar-refractivity contribution is -0.148. The Kier molecular flexibility index (Phi) is 7.47. The first-order valence-corrected chi connectivity index (χ1v) is 11.7. The van der Waals surface area contributed by atoms with Gasteiger partial charge in [-0.15, -0.1) is 0 Å². The SMILES string of the molecule is O=C(NCCCCCC(=O)N1C[C@H](O)C[C@@H]1C(=O)O)OCC1c2ccccc2-c2ccccc21. The molecule has 0 aromatic heterocycles. The van der Waals surface area contributed by atoms with E-state index in [2.05, 4.69) is 29.6 Å². The van der Waals surface area contributed by atoms with E-state index in [0.717, 1.165) is 11.1 Å². The Balaban J connectivity index is 1.15. The standard InChI is InChI=1S/C26H30N2O6/c29-17-14-23(25(31)32)28(15-17)24(30)12-2-1-7-13-27-26(33)34-16-22-20-10-5-3-8-18(20)19-9-4-6-11-21(19)22/h3-6,8-11,17,22-23,29H,1-2,7,12-16H2,(H,27,33)(H,31,32)/t17-,23-/m1/s1. The molecule has 8 heteroatoms. The Bertz CT molecular complexity index is 1010. The number of β-amino-alcohol motifs (C(OH)–C–C–N with tert-alkyl or cyclic N) is 1. The molecule has 1 aliphatic carbocycles. The van der Waals surface area contributed by atoms with E-state index in [1.807, 2.05) is 24.3 Å². The van der Waals surface area contributed by atoms with E-state index in [1.54, 1.807) is 0 Å². The average molecular weight is 467 g/mol. The summed E-state index contributed by atoms with van der Waals surface area (Å²) in [6, 6.07) is 15.4. The minimum Gasteiger partial charge on any atom is -0.480 e. The van der Waals surface area contributed by atoms with Crippen molar-refractivity contribution in [3.63, 3.8) is 0 Å². The highest BCUT2D eigenvalue weighted by Gasteiger charge is 2.38. The maximum atomic E-state index is 12.3. The number of nitrogens with zero attached hydrogens (tertiary/aromatic N) is 1. The van der Waals surface area contributed by atoms with E-state index in [1.165, 1.54) is 16.0 Å². The molecule has 34 heavy (non-hydrogen) atoms. The van der Waals surface area contributed by atoms with E-state index in [4.69, 9.17) is 4.74 Å². The van der Waals surface area contributed by atoms with Crippen molar-refractivity contribution in [3.05, 3.63) is 59.7 Å². The van der Waals surface area contributed by atoms with Crippen LogP contribution in [0.25, 0.3) is 11.1 Å². The first kappa shape index (κ1) is 23.8. The second-order valence-electron chi connectivity index (χ2n) is 8.85. The number of alkyl carbamates (subject to hydrolysis) is 1. The topological polar surface area (TPSA) is 116 Å². The molecule has 2 aliphatic rings. The maximum Gasteiger partial charge on any atom is 0.407 e. The molecule has 2 atom stereocenters. The van der Waals surface area contributed by atoms with Gasteiger partial charge in [0.15, 0.2) is 0 Å². The quantitative estimate of drug-likeness (QED) is 0.489. The lowest BCUT2D eigenvalue weighted by atomic mass is 9.98. The average Bonchev–Trinajstić information content (AvgIpc) is 3.38. The number of hydrogen-bond acceptors (Lipinski definition) is 5. The fourth-order valence-electron chi connectivity index (χ4n) is 4.89. The van der Waals surface area contributed by atoms with Gasteiger partial charge in [-0.2, -0.15) is 0 Å². The van der Waals surface area contributed by atoms with Crippen LogP contribution >= 0.6 is 0 Å². The van der Waals surface area contributed by atoms with Gasteiger partial charge in [-0.05, 0) is 35.1 Å². The van der Waals surface area contributed by atoms with Crippen molar-refractivity contribution >= 4 is 18.0 Å². The van der Waals surface area contributed by atoms with Gasteiger partial charge in [0.25, 0.3) is 0 Å². The van der Waals surface area contributed by atoms with Crippen LogP contribution in [0.5, 0.6) is 0 Å². The number of carbonyl (C=O) groups excluding carboxylic acids is 2. The highest BCUT2D eigenvalue weighted by Crippen LogP contribution is 2.44. The number of carboxylic acids is 1. The molecule has 180 valence electrons. The van der Waals surface area contributed by atoms with E-state index in [0.29, 0.717) is 25.8 Å². The third-order valence-electron chi connectivity index (χ3n) is 6.56. The number of fused-ring (bicyclic) bond motifs is 3. The van der Waals surface area contributed by atoms with Gasteiger partial charge in [-0.3, -0.25) is 4.79 Å². The van der Waals surface area contributed by atoms with E-state index >= 15 is 0 Å². The van der Waals surface area contributed by atoms with E-state index < -0.39 is 24.2 Å². The van der Waals surface area contributed by atoms with Gasteiger partial charge in [-0.25, -0.2) is 9.59 Å². The maximum absolute atomic E-state index is 12.3. The highest BCUT2D eigenvalue weighted by atomic mass is 16.5. The van der Waals surface area contributed by atoms with Crippen LogP contribution in [0.4, 0.5) is 4.79 Å². The van der Waals surface area contributed by atoms with Gasteiger partial charge < -0.3 is 25.2 Å². The van der Waals surface area contributed by atoms with Crippen molar-refractivity contribution in [2.24, 2.45) is 0 Å². The van der Waals surface area contributed by atoms with Gasteiger partial charge >= 0.3 is 12.1 Å². The molecule has 0 saturated carbocycles. The first-order valence-electron chi connectivity index (χ1n) is 11.7. The number of aliphatic hydroxyl groups excluding tert-OH is 1. The fourth-order valence-corrected chi connectivity index (χ4v) is 4.89. The number of likely N-dealkylation sites (tertiary alicyclic amines) is 1. The zero-order valence-electron chi connectivity index (χ0n) is 19.0. The molecule has 4 rings (SSSR count). The Labute approximate surface area is 198 Å². The lowest BCUT2D eigenvalue weighted by Gasteiger charge is -2.21. The summed E-state index contributed by atoms with van der Waals surface area (Å²) >= 11 is 0. The number of unbranched alkanes of at least 4 members (excludes halogenated alkanes) is 2. The largest absolute Gasteiger partial charge is 0.480 e. The summed E-state index contributed by atoms with van der Waals surface area (Å²) in [5, 5.41) is 21.6. The molecular weight excluding hydrogens is 436 g/mol. The molecule has 2 aromatic carbocycles. The molecular formula is C26H30N2O6. The van der Waals surface area contributed by atoms with Crippen molar-refractivity contribution in [1.82, 2.24) is 10.2 Å². The minimum atomic E-state index is -1.09. The van der Waals surface area contributed by atoms with Crippen LogP contribution in [0.3, 0.4) is 0 Å². The second-order valence-corrected chi connectivity index (χ2v) is 8.85. The molecule has 0 unspecified atom stereocenters. The third-order valence-corrected chi connectivity index (χ3v) is 6.56. The zero-order valence-corrected chi connectivity index (χ0v) is 19.0. The number of aliphatic hydroxyl groups is 1. The number of benzene rings is 2. The minimum absolute atomic E-state index is 0.0166. The van der Waals surface area contributed by atoms with Crippen LogP contribution in [-0.2, 0) is 14.3 Å². The molecule has 0 radical (unpaired) electrons. The smallest absolute Gasteiger partial charge is 0.407 e. The Morgan fingerprint density at radius 2 is 1.62 bits per heavy atom. The predicted octanol–water partition coefficient (Wildman–Crippen LogP) is 3.13. The molecule has 1 saturated heterocycles. The van der Waals surface area contributed by atoms with Crippen molar-refractivity contribution < 1.29 is 29.3 Å². The molecule has 0 spiro atoms. The number of aliphatic carboxylic acids is 1. The Hall–Kier alpha value is -3.39. The van der Waals surface area contributed by atoms with Crippen LogP contribution < -0.4 is 5.32 Å². The van der Waals surface area contributed by atoms with E-state index in [9.17, 15) is 24.6 Å². The highest BCUT2D eigenvalue weighted by molar-refractivity contribution is 5.84. The van der Waals surface area contributed by atoms with Gasteiger partial charge in [0.1, 0.15) is 12.6 Å². The van der Waals surface area contributed by atoms with Crippen molar-refractivity contribution in [2.75, 3.05) is 19.7 Å². The van der Waals surface area contributed by atoms with Gasteiger partial charge in [-0.1, -0.05) is 55.0 Å². The van der Waals surface area contributed by atoms with Gasteiger partial charge in [0.2, 0.25) is 5.91 Å². The summed E-state index contributed by atoms with van der Waals surface area (Å²) in [4.78, 5) is 37.0. The van der Waals surface area contributed by atoms with Crippen LogP contribution in [-0.4, -0.2) is 64.9 Å². The number of hydrogen-bond donors (Lipinski definition) is 3. The first-order chi connectivity index (χ1) is 16.5. The van der Waals surface area contributed by atoms with Crippen molar-refractivity contribution in [3.8, 4) is 11.1 Å². The molecule has 1 aliphatic heterocycles. The molecule has 1 heterocycles. The number of carboxylic acid groups (broad SMARTS) is 1. The van der Waals surface area contributed by atoms with Gasteiger partial charge in [0, 0.05) is 31.8 Å². The van der Waals surface area contributed by atoms with Crippen LogP contribution in [0.2, 0.25) is 0 Å². The molecule has 2 aromatic rings. The van der Waals surface area contributed by atoms with Crippen molar-refractivity contribution in [1.29, 1.82) is 0 Å². The summed E-state index contributed by atoms with van der Waals surface area (Å²) < 4.78 is 5.51. The predicted molar refractivity (Wildman–Crippen MR) is 125 cm³/mol. The monoisotopic (exact) mass is 466 g/mol. The summed E-state index contributed by atoms with van der Waals surface area (Å²) in [5.74, 6) is -1.33. The fraction of sp³-hybridized carbons (Fsp3) is 0.423. The number of amides is 2. The summed E-state index contributed by atoms with van der Waals surface area (Å²) in [6.45, 7) is 0.769. The molecule has 1 fully saturated rings. The molecule has 2 amide bonds. The zero-order chi connectivity index (χ0) is 24.1. The molecule has 8 nitrogen and oxygen atoms in total. The number of nitrogens with one attached hydrogen (secondary N) is 1. The van der Waals surface area contributed by atoms with Gasteiger partial charge in [0.05, 0.1) is 6.10 Å². The third kappa shape index (κ3) is 5.22. The van der Waals surface area contributed by atoms with Crippen LogP contribution in [0.15, 0.2) is 48.5 Å². The Morgan fingerprint density at radius 3 is 2.26 bits per heavy atom. The number of carbonyl (C=O) groups is 3. The summed E-state index contributed by atoms with van der Waals surface area (Å²) in [6.07, 6.45) is 1.03. The second kappa shape index (κ2) is 10.7. The molecule has 0 bridgehead atoms. The van der Waals surface area contributed by atoms with Crippen LogP contribution in [0.1, 0.15) is 49.1 Å². The molecule has 3 N–H and O–H groups in total. The Morgan fingerprint density at radius 1 is 0.971 bits per heavy atom.